The van der Waals surface area contributed by atoms with E-state index in [0.29, 0.717) is 12.3 Å². The van der Waals surface area contributed by atoms with Crippen molar-refractivity contribution in [3.8, 4) is 5.75 Å². The molecule has 3 rings (SSSR count). The number of nitrogens with zero attached hydrogens (tertiary/aromatic N) is 3. The average Bonchev–Trinajstić information content (AvgIpc) is 3.38. The number of ether oxygens (including phenoxy) is 2. The number of hydrogen-bond donors (Lipinski definition) is 5. The Balaban J connectivity index is 1.33. The standard InChI is InChI=1S/C24H33ClN8O4/c25-19-21(28)32-20(27)18(31-19)22(34)33-24(29)30-12-4-3-5-14-8-10-15(11-9-14)36-13-17(26)23(35)37-16-6-1-2-7-16/h8-11,16-17H,1-7,12-13,26H2,(H4,27,28,32)(H3,29,30,33,34)/t17-/m0/s1. The molecule has 1 aliphatic carbocycles. The van der Waals surface area contributed by atoms with Crippen LogP contribution in [-0.2, 0) is 16.0 Å². The van der Waals surface area contributed by atoms with Crippen LogP contribution in [-0.4, -0.2) is 53.1 Å². The highest BCUT2D eigenvalue weighted by Crippen LogP contribution is 2.21. The maximum Gasteiger partial charge on any atom is 0.326 e. The van der Waals surface area contributed by atoms with Gasteiger partial charge in [0.2, 0.25) is 0 Å². The third kappa shape index (κ3) is 8.76. The first kappa shape index (κ1) is 27.9. The molecule has 1 amide bonds. The quantitative estimate of drug-likeness (QED) is 0.122. The maximum absolute atomic E-state index is 12.2. The SMILES string of the molecule is NC(=NCCCCc1ccc(OC[C@H](N)C(=O)OC2CCCC2)cc1)NC(=O)c1nc(Cl)c(N)nc1N. The molecule has 13 heteroatoms. The Morgan fingerprint density at radius 3 is 2.51 bits per heavy atom. The molecule has 0 radical (unpaired) electrons. The zero-order valence-electron chi connectivity index (χ0n) is 20.5. The molecule has 1 heterocycles. The van der Waals surface area contributed by atoms with Crippen LogP contribution in [0, 0.1) is 0 Å². The minimum Gasteiger partial charge on any atom is -0.491 e. The monoisotopic (exact) mass is 532 g/mol. The first-order valence-electron chi connectivity index (χ1n) is 12.1. The number of nitrogen functional groups attached to an aromatic ring is 2. The van der Waals surface area contributed by atoms with E-state index in [9.17, 15) is 9.59 Å². The van der Waals surface area contributed by atoms with Gasteiger partial charge in [-0.3, -0.25) is 19.9 Å². The summed E-state index contributed by atoms with van der Waals surface area (Å²) in [6.07, 6.45) is 6.40. The van der Waals surface area contributed by atoms with Gasteiger partial charge in [-0.15, -0.1) is 0 Å². The van der Waals surface area contributed by atoms with Crippen molar-refractivity contribution in [1.82, 2.24) is 15.3 Å². The highest BCUT2D eigenvalue weighted by atomic mass is 35.5. The lowest BCUT2D eigenvalue weighted by Gasteiger charge is -2.16. The Morgan fingerprint density at radius 1 is 1.11 bits per heavy atom. The number of unbranched alkanes of at least 4 members (excludes halogenated alkanes) is 1. The molecule has 200 valence electrons. The predicted octanol–water partition coefficient (Wildman–Crippen LogP) is 1.55. The van der Waals surface area contributed by atoms with Gasteiger partial charge in [0.15, 0.2) is 28.4 Å². The number of nitrogens with one attached hydrogen (secondary N) is 1. The Morgan fingerprint density at radius 2 is 1.81 bits per heavy atom. The topological polar surface area (TPSA) is 207 Å². The van der Waals surface area contributed by atoms with Crippen LogP contribution < -0.4 is 33.0 Å². The number of guanidine groups is 1. The minimum atomic E-state index is -0.812. The number of aryl methyl sites for hydroxylation is 1. The summed E-state index contributed by atoms with van der Waals surface area (Å²) in [6.45, 7) is 0.483. The summed E-state index contributed by atoms with van der Waals surface area (Å²) in [6, 6.07) is 6.78. The lowest BCUT2D eigenvalue weighted by molar-refractivity contribution is -0.151. The van der Waals surface area contributed by atoms with E-state index in [4.69, 9.17) is 44.0 Å². The average molecular weight is 533 g/mol. The number of hydrogen-bond acceptors (Lipinski definition) is 10. The first-order valence-corrected chi connectivity index (χ1v) is 12.5. The number of carbonyl (C=O) groups excluding carboxylic acids is 2. The third-order valence-electron chi connectivity index (χ3n) is 5.76. The van der Waals surface area contributed by atoms with Crippen molar-refractivity contribution in [3.63, 3.8) is 0 Å². The Labute approximate surface area is 220 Å². The Bertz CT molecular complexity index is 1110. The molecule has 0 unspecified atom stereocenters. The molecular formula is C24H33ClN8O4. The van der Waals surface area contributed by atoms with E-state index in [1.807, 2.05) is 24.3 Å². The van der Waals surface area contributed by atoms with Crippen LogP contribution in [0.25, 0.3) is 0 Å². The number of amides is 1. The van der Waals surface area contributed by atoms with Gasteiger partial charge in [0.25, 0.3) is 5.91 Å². The van der Waals surface area contributed by atoms with E-state index >= 15 is 0 Å². The number of esters is 1. The van der Waals surface area contributed by atoms with Crippen LogP contribution in [0.1, 0.15) is 54.6 Å². The lowest BCUT2D eigenvalue weighted by atomic mass is 10.1. The van der Waals surface area contributed by atoms with Crippen molar-refractivity contribution >= 4 is 41.1 Å². The maximum atomic E-state index is 12.2. The lowest BCUT2D eigenvalue weighted by Crippen LogP contribution is -2.39. The summed E-state index contributed by atoms with van der Waals surface area (Å²) in [5, 5.41) is 2.27. The molecule has 1 saturated carbocycles. The Kier molecular flexibility index (Phi) is 10.3. The molecule has 1 aromatic carbocycles. The zero-order valence-corrected chi connectivity index (χ0v) is 21.2. The number of benzene rings is 1. The Hall–Kier alpha value is -3.64. The number of anilines is 2. The van der Waals surface area contributed by atoms with E-state index in [2.05, 4.69) is 20.3 Å². The van der Waals surface area contributed by atoms with Crippen LogP contribution in [0.4, 0.5) is 11.6 Å². The third-order valence-corrected chi connectivity index (χ3v) is 6.04. The highest BCUT2D eigenvalue weighted by Gasteiger charge is 2.23. The summed E-state index contributed by atoms with van der Waals surface area (Å²) in [4.78, 5) is 36.0. The second-order valence-corrected chi connectivity index (χ2v) is 9.07. The molecule has 0 spiro atoms. The normalized spacial score (nSPS) is 14.8. The van der Waals surface area contributed by atoms with E-state index < -0.39 is 17.9 Å². The molecule has 1 aromatic heterocycles. The van der Waals surface area contributed by atoms with Gasteiger partial charge in [-0.1, -0.05) is 23.7 Å². The highest BCUT2D eigenvalue weighted by molar-refractivity contribution is 6.31. The van der Waals surface area contributed by atoms with Crippen molar-refractivity contribution < 1.29 is 19.1 Å². The van der Waals surface area contributed by atoms with Gasteiger partial charge in [0, 0.05) is 6.54 Å². The van der Waals surface area contributed by atoms with Crippen molar-refractivity contribution in [2.45, 2.75) is 57.1 Å². The summed E-state index contributed by atoms with van der Waals surface area (Å²) >= 11 is 5.78. The number of aliphatic imine (C=N–C) groups is 1. The van der Waals surface area contributed by atoms with Gasteiger partial charge < -0.3 is 32.4 Å². The summed E-state index contributed by atoms with van der Waals surface area (Å²) in [7, 11) is 0. The molecule has 0 aliphatic heterocycles. The van der Waals surface area contributed by atoms with Crippen molar-refractivity contribution in [3.05, 3.63) is 40.7 Å². The van der Waals surface area contributed by atoms with Gasteiger partial charge in [0.1, 0.15) is 24.5 Å². The summed E-state index contributed by atoms with van der Waals surface area (Å²) in [5.41, 5.74) is 23.8. The second-order valence-electron chi connectivity index (χ2n) is 8.72. The molecule has 0 bridgehead atoms. The van der Waals surface area contributed by atoms with Crippen LogP contribution in [0.2, 0.25) is 5.15 Å². The van der Waals surface area contributed by atoms with E-state index in [1.165, 1.54) is 0 Å². The fourth-order valence-electron chi connectivity index (χ4n) is 3.73. The molecule has 1 fully saturated rings. The number of carbonyl (C=O) groups is 2. The molecule has 37 heavy (non-hydrogen) atoms. The van der Waals surface area contributed by atoms with Gasteiger partial charge >= 0.3 is 5.97 Å². The van der Waals surface area contributed by atoms with Crippen LogP contribution in [0.15, 0.2) is 29.3 Å². The first-order chi connectivity index (χ1) is 17.7. The van der Waals surface area contributed by atoms with Crippen molar-refractivity contribution in [2.24, 2.45) is 16.5 Å². The molecule has 1 aliphatic rings. The van der Waals surface area contributed by atoms with Crippen molar-refractivity contribution in [1.29, 1.82) is 0 Å². The van der Waals surface area contributed by atoms with E-state index in [1.54, 1.807) is 0 Å². The van der Waals surface area contributed by atoms with Gasteiger partial charge in [-0.05, 0) is 62.6 Å². The smallest absolute Gasteiger partial charge is 0.326 e. The molecule has 0 saturated heterocycles. The van der Waals surface area contributed by atoms with Crippen LogP contribution >= 0.6 is 11.6 Å². The molecule has 2 aromatic rings. The second kappa shape index (κ2) is 13.6. The zero-order chi connectivity index (χ0) is 26.8. The predicted molar refractivity (Wildman–Crippen MR) is 141 cm³/mol. The van der Waals surface area contributed by atoms with Gasteiger partial charge in [0.05, 0.1) is 0 Å². The molecule has 9 N–H and O–H groups in total. The number of rotatable bonds is 11. The number of nitrogens with two attached hydrogens (primary N) is 4. The van der Waals surface area contributed by atoms with Gasteiger partial charge in [-0.2, -0.15) is 0 Å². The van der Waals surface area contributed by atoms with E-state index in [0.717, 1.165) is 50.5 Å². The molecule has 12 nitrogen and oxygen atoms in total. The number of aromatic nitrogens is 2. The largest absolute Gasteiger partial charge is 0.491 e. The summed E-state index contributed by atoms with van der Waals surface area (Å²) < 4.78 is 11.0. The fourth-order valence-corrected chi connectivity index (χ4v) is 3.86. The summed E-state index contributed by atoms with van der Waals surface area (Å²) in [5.74, 6) is -0.756. The minimum absolute atomic E-state index is 0.0119. The van der Waals surface area contributed by atoms with Crippen molar-refractivity contribution in [2.75, 3.05) is 24.6 Å². The van der Waals surface area contributed by atoms with Crippen LogP contribution in [0.5, 0.6) is 5.75 Å². The van der Waals surface area contributed by atoms with E-state index in [-0.39, 0.29) is 41.2 Å². The molecule has 1 atom stereocenters. The number of halogens is 1. The van der Waals surface area contributed by atoms with Gasteiger partial charge in [-0.25, -0.2) is 9.97 Å². The fraction of sp³-hybridized carbons (Fsp3) is 0.458. The van der Waals surface area contributed by atoms with Crippen LogP contribution in [0.3, 0.4) is 0 Å². The molecular weight excluding hydrogens is 500 g/mol.